The molecular formula is C16H16F3NO2. The molecular weight excluding hydrogens is 295 g/mol. The average Bonchev–Trinajstić information content (AvgIpc) is 2.87. The number of halogens is 3. The van der Waals surface area contributed by atoms with E-state index in [-0.39, 0.29) is 6.61 Å². The van der Waals surface area contributed by atoms with Crippen LogP contribution in [0, 0.1) is 11.8 Å². The predicted molar refractivity (Wildman–Crippen MR) is 74.8 cm³/mol. The van der Waals surface area contributed by atoms with Crippen LogP contribution in [0.5, 0.6) is 0 Å². The van der Waals surface area contributed by atoms with Crippen LogP contribution in [0.2, 0.25) is 0 Å². The monoisotopic (exact) mass is 311 g/mol. The van der Waals surface area contributed by atoms with E-state index in [2.05, 4.69) is 4.99 Å². The van der Waals surface area contributed by atoms with Crippen molar-refractivity contribution in [2.24, 2.45) is 16.8 Å². The first-order valence-corrected chi connectivity index (χ1v) is 7.32. The Balaban J connectivity index is 2.04. The molecule has 0 saturated carbocycles. The third kappa shape index (κ3) is 2.40. The Bertz CT molecular complexity index is 624. The molecule has 6 heteroatoms. The van der Waals surface area contributed by atoms with Gasteiger partial charge in [0.05, 0.1) is 12.5 Å². The highest BCUT2D eigenvalue weighted by Gasteiger charge is 2.57. The summed E-state index contributed by atoms with van der Waals surface area (Å²) in [6, 6.07) is 5.84. The Labute approximate surface area is 126 Å². The Kier molecular flexibility index (Phi) is 3.70. The Morgan fingerprint density at radius 1 is 1.36 bits per heavy atom. The molecule has 0 fully saturated rings. The van der Waals surface area contributed by atoms with Gasteiger partial charge in [0.25, 0.3) is 0 Å². The van der Waals surface area contributed by atoms with Crippen molar-refractivity contribution in [3.05, 3.63) is 35.4 Å². The van der Waals surface area contributed by atoms with Crippen molar-refractivity contribution in [2.75, 3.05) is 6.61 Å². The Morgan fingerprint density at radius 2 is 2.09 bits per heavy atom. The number of carbonyl (C=O) groups is 1. The van der Waals surface area contributed by atoms with Gasteiger partial charge in [0.15, 0.2) is 6.04 Å². The molecule has 22 heavy (non-hydrogen) atoms. The number of esters is 1. The zero-order chi connectivity index (χ0) is 15.9. The lowest BCUT2D eigenvalue weighted by molar-refractivity contribution is -0.193. The van der Waals surface area contributed by atoms with E-state index in [4.69, 9.17) is 4.74 Å². The summed E-state index contributed by atoms with van der Waals surface area (Å²) >= 11 is 0. The van der Waals surface area contributed by atoms with E-state index in [1.54, 1.807) is 19.1 Å². The number of fused-ring (bicyclic) bond motifs is 3. The molecule has 3 rings (SSSR count). The van der Waals surface area contributed by atoms with Gasteiger partial charge in [0, 0.05) is 11.6 Å². The number of nitrogens with zero attached hydrogens (tertiary/aromatic N) is 1. The summed E-state index contributed by atoms with van der Waals surface area (Å²) in [6.45, 7) is 1.62. The first kappa shape index (κ1) is 15.1. The molecule has 0 N–H and O–H groups in total. The van der Waals surface area contributed by atoms with E-state index < -0.39 is 30.0 Å². The van der Waals surface area contributed by atoms with Gasteiger partial charge in [-0.05, 0) is 30.9 Å². The molecule has 0 radical (unpaired) electrons. The molecule has 0 saturated heterocycles. The number of carbonyl (C=O) groups excluding carboxylic acids is 1. The number of rotatable bonds is 2. The van der Waals surface area contributed by atoms with E-state index in [1.165, 1.54) is 0 Å². The van der Waals surface area contributed by atoms with Crippen LogP contribution < -0.4 is 0 Å². The van der Waals surface area contributed by atoms with Gasteiger partial charge >= 0.3 is 12.1 Å². The number of ether oxygens (including phenoxy) is 1. The van der Waals surface area contributed by atoms with Crippen LogP contribution in [-0.2, 0) is 16.0 Å². The molecule has 1 aromatic carbocycles. The molecule has 2 aliphatic rings. The molecule has 3 atom stereocenters. The SMILES string of the molecule is CCOC(=O)[C@@H]1N=C2c3ccccc3CC[C@H]2[C@H]1C(F)(F)F. The summed E-state index contributed by atoms with van der Waals surface area (Å²) in [5.74, 6) is -3.43. The van der Waals surface area contributed by atoms with Gasteiger partial charge in [0.1, 0.15) is 0 Å². The van der Waals surface area contributed by atoms with Crippen LogP contribution in [0.1, 0.15) is 24.5 Å². The van der Waals surface area contributed by atoms with Gasteiger partial charge in [-0.25, -0.2) is 4.79 Å². The summed E-state index contributed by atoms with van der Waals surface area (Å²) in [4.78, 5) is 16.1. The lowest BCUT2D eigenvalue weighted by Gasteiger charge is -2.29. The first-order valence-electron chi connectivity index (χ1n) is 7.32. The lowest BCUT2D eigenvalue weighted by Crippen LogP contribution is -2.42. The van der Waals surface area contributed by atoms with E-state index in [0.717, 1.165) is 11.1 Å². The van der Waals surface area contributed by atoms with Crippen LogP contribution in [0.15, 0.2) is 29.3 Å². The smallest absolute Gasteiger partial charge is 0.395 e. The third-order valence-electron chi connectivity index (χ3n) is 4.33. The summed E-state index contributed by atoms with van der Waals surface area (Å²) in [6.07, 6.45) is -3.54. The van der Waals surface area contributed by atoms with E-state index in [0.29, 0.717) is 18.6 Å². The fourth-order valence-corrected chi connectivity index (χ4v) is 3.43. The van der Waals surface area contributed by atoms with Crippen molar-refractivity contribution in [1.29, 1.82) is 0 Å². The molecule has 0 bridgehead atoms. The second-order valence-electron chi connectivity index (χ2n) is 5.58. The van der Waals surface area contributed by atoms with E-state index >= 15 is 0 Å². The maximum absolute atomic E-state index is 13.5. The van der Waals surface area contributed by atoms with Crippen LogP contribution in [-0.4, -0.2) is 30.5 Å². The molecule has 0 aromatic heterocycles. The van der Waals surface area contributed by atoms with E-state index in [9.17, 15) is 18.0 Å². The normalized spacial score (nSPS) is 26.9. The van der Waals surface area contributed by atoms with Crippen molar-refractivity contribution in [3.63, 3.8) is 0 Å². The van der Waals surface area contributed by atoms with Gasteiger partial charge in [-0.3, -0.25) is 4.99 Å². The lowest BCUT2D eigenvalue weighted by atomic mass is 9.75. The summed E-state index contributed by atoms with van der Waals surface area (Å²) < 4.78 is 45.2. The highest BCUT2D eigenvalue weighted by atomic mass is 19.4. The maximum atomic E-state index is 13.5. The van der Waals surface area contributed by atoms with E-state index in [1.807, 2.05) is 12.1 Å². The molecule has 1 heterocycles. The topological polar surface area (TPSA) is 38.7 Å². The van der Waals surface area contributed by atoms with Crippen molar-refractivity contribution < 1.29 is 22.7 Å². The first-order chi connectivity index (χ1) is 10.4. The second kappa shape index (κ2) is 5.41. The number of benzene rings is 1. The second-order valence-corrected chi connectivity index (χ2v) is 5.58. The molecule has 0 spiro atoms. The fraction of sp³-hybridized carbons (Fsp3) is 0.500. The predicted octanol–water partition coefficient (Wildman–Crippen LogP) is 3.16. The molecule has 3 nitrogen and oxygen atoms in total. The number of hydrogen-bond acceptors (Lipinski definition) is 3. The van der Waals surface area contributed by atoms with Crippen LogP contribution in [0.25, 0.3) is 0 Å². The van der Waals surface area contributed by atoms with Gasteiger partial charge < -0.3 is 4.74 Å². The molecule has 0 unspecified atom stereocenters. The molecule has 118 valence electrons. The number of alkyl halides is 3. The minimum absolute atomic E-state index is 0.0476. The van der Waals surface area contributed by atoms with Crippen LogP contribution in [0.4, 0.5) is 13.2 Å². The third-order valence-corrected chi connectivity index (χ3v) is 4.33. The minimum atomic E-state index is -4.47. The van der Waals surface area contributed by atoms with Crippen LogP contribution in [0.3, 0.4) is 0 Å². The zero-order valence-corrected chi connectivity index (χ0v) is 12.1. The largest absolute Gasteiger partial charge is 0.464 e. The van der Waals surface area contributed by atoms with Crippen molar-refractivity contribution in [1.82, 2.24) is 0 Å². The Hall–Kier alpha value is -1.85. The molecule has 1 aliphatic carbocycles. The molecule has 1 aliphatic heterocycles. The standard InChI is InChI=1S/C16H16F3NO2/c1-2-22-15(21)14-12(16(17,18)19)11-8-7-9-5-3-4-6-10(9)13(11)20-14/h3-6,11-12,14H,2,7-8H2,1H3/t11-,12+,14+/m0/s1. The number of aryl methyl sites for hydroxylation is 1. The van der Waals surface area contributed by atoms with Gasteiger partial charge in [-0.15, -0.1) is 0 Å². The fourth-order valence-electron chi connectivity index (χ4n) is 3.43. The highest BCUT2D eigenvalue weighted by molar-refractivity contribution is 6.07. The summed E-state index contributed by atoms with van der Waals surface area (Å²) in [5, 5.41) is 0. The van der Waals surface area contributed by atoms with Crippen molar-refractivity contribution >= 4 is 11.7 Å². The van der Waals surface area contributed by atoms with Gasteiger partial charge in [-0.1, -0.05) is 24.3 Å². The Morgan fingerprint density at radius 3 is 2.77 bits per heavy atom. The average molecular weight is 311 g/mol. The zero-order valence-electron chi connectivity index (χ0n) is 12.1. The molecule has 0 amide bonds. The number of aliphatic imine (C=N–C) groups is 1. The minimum Gasteiger partial charge on any atom is -0.464 e. The van der Waals surface area contributed by atoms with Gasteiger partial charge in [-0.2, -0.15) is 13.2 Å². The summed E-state index contributed by atoms with van der Waals surface area (Å²) in [5.41, 5.74) is 2.13. The van der Waals surface area contributed by atoms with Crippen LogP contribution >= 0.6 is 0 Å². The van der Waals surface area contributed by atoms with Crippen molar-refractivity contribution in [2.45, 2.75) is 32.0 Å². The molecule has 1 aromatic rings. The van der Waals surface area contributed by atoms with Gasteiger partial charge in [0.2, 0.25) is 0 Å². The van der Waals surface area contributed by atoms with Crippen molar-refractivity contribution in [3.8, 4) is 0 Å². The quantitative estimate of drug-likeness (QED) is 0.787. The summed E-state index contributed by atoms with van der Waals surface area (Å²) in [7, 11) is 0. The maximum Gasteiger partial charge on any atom is 0.395 e. The highest BCUT2D eigenvalue weighted by Crippen LogP contribution is 2.46. The number of hydrogen-bond donors (Lipinski definition) is 0.